The molecule has 0 saturated heterocycles. The molecule has 0 radical (unpaired) electrons. The summed E-state index contributed by atoms with van der Waals surface area (Å²) in [6.45, 7) is 18.1. The normalized spacial score (nSPS) is 17.1. The van der Waals surface area contributed by atoms with Crippen molar-refractivity contribution in [3.8, 4) is 44.8 Å². The lowest BCUT2D eigenvalue weighted by atomic mass is 9.91. The summed E-state index contributed by atoms with van der Waals surface area (Å²) in [4.78, 5) is 10.3. The van der Waals surface area contributed by atoms with Crippen LogP contribution in [-0.4, -0.2) is 39.8 Å². The van der Waals surface area contributed by atoms with Crippen LogP contribution >= 0.6 is 23.5 Å². The van der Waals surface area contributed by atoms with Crippen molar-refractivity contribution in [1.29, 1.82) is 0 Å². The van der Waals surface area contributed by atoms with Crippen molar-refractivity contribution in [2.45, 2.75) is 76.0 Å². The zero-order valence-electron chi connectivity index (χ0n) is 39.9. The van der Waals surface area contributed by atoms with Crippen molar-refractivity contribution in [1.82, 2.24) is 9.13 Å². The Hall–Kier alpha value is -6.60. The minimum atomic E-state index is -0.118. The Bertz CT molecular complexity index is 3450. The lowest BCUT2D eigenvalue weighted by molar-refractivity contribution is 0.426. The van der Waals surface area contributed by atoms with Gasteiger partial charge in [0.2, 0.25) is 0 Å². The molecule has 0 aliphatic carbocycles. The highest BCUT2D eigenvalue weighted by molar-refractivity contribution is 8.16. The number of rotatable bonds is 7. The molecule has 6 heteroatoms. The topological polar surface area (TPSA) is 34.6 Å². The van der Waals surface area contributed by atoms with Crippen molar-refractivity contribution < 1.29 is 0 Å². The summed E-state index contributed by atoms with van der Waals surface area (Å²) in [7, 11) is 0. The minimum Gasteiger partial charge on any atom is -0.309 e. The SMILES string of the molecule is CC1(C)N=C(c2ccc(-c3ccc4c(c3)c3cc(-c5ccc6c(c5)c5cc(-c7ccc(C8=NC(C)(C)C(C)(C)S8)cc7)ccc5n6-c5ccccc5)ccc3n4-c3ccccc3)cc2)SC1(C)C. The molecular weight excluding hydrogens is 865 g/mol. The Morgan fingerprint density at radius 3 is 0.853 bits per heavy atom. The quantitative estimate of drug-likeness (QED) is 0.160. The van der Waals surface area contributed by atoms with E-state index >= 15 is 0 Å². The van der Waals surface area contributed by atoms with Crippen molar-refractivity contribution in [3.63, 3.8) is 0 Å². The fourth-order valence-electron chi connectivity index (χ4n) is 9.89. The van der Waals surface area contributed by atoms with Crippen LogP contribution in [0.5, 0.6) is 0 Å². The van der Waals surface area contributed by atoms with Crippen LogP contribution in [0, 0.1) is 0 Å². The van der Waals surface area contributed by atoms with Gasteiger partial charge in [0.15, 0.2) is 0 Å². The zero-order chi connectivity index (χ0) is 46.7. The first-order chi connectivity index (χ1) is 32.6. The van der Waals surface area contributed by atoms with Crippen LogP contribution in [0.3, 0.4) is 0 Å². The summed E-state index contributed by atoms with van der Waals surface area (Å²) in [6, 6.07) is 67.4. The van der Waals surface area contributed by atoms with Gasteiger partial charge in [-0.25, -0.2) is 0 Å². The number of fused-ring (bicyclic) bond motifs is 6. The van der Waals surface area contributed by atoms with Crippen LogP contribution in [0.4, 0.5) is 0 Å². The molecule has 68 heavy (non-hydrogen) atoms. The monoisotopic (exact) mass is 918 g/mol. The molecule has 0 N–H and O–H groups in total. The molecule has 12 rings (SSSR count). The molecule has 2 aliphatic heterocycles. The summed E-state index contributed by atoms with van der Waals surface area (Å²) in [6.07, 6.45) is 0. The Labute approximate surface area is 407 Å². The van der Waals surface area contributed by atoms with E-state index in [9.17, 15) is 0 Å². The Kier molecular flexibility index (Phi) is 9.72. The molecule has 4 heterocycles. The number of hydrogen-bond donors (Lipinski definition) is 0. The number of aliphatic imine (C=N–C) groups is 2. The second-order valence-corrected chi connectivity index (χ2v) is 23.8. The molecule has 0 atom stereocenters. The molecule has 2 aromatic heterocycles. The zero-order valence-corrected chi connectivity index (χ0v) is 41.6. The van der Waals surface area contributed by atoms with E-state index in [-0.39, 0.29) is 20.6 Å². The number of hydrogen-bond acceptors (Lipinski definition) is 4. The molecule has 0 bridgehead atoms. The van der Waals surface area contributed by atoms with Crippen LogP contribution < -0.4 is 0 Å². The van der Waals surface area contributed by atoms with Gasteiger partial charge in [0.1, 0.15) is 0 Å². The maximum absolute atomic E-state index is 5.14. The predicted molar refractivity (Wildman–Crippen MR) is 296 cm³/mol. The molecule has 0 spiro atoms. The van der Waals surface area contributed by atoms with Crippen LogP contribution in [-0.2, 0) is 0 Å². The van der Waals surface area contributed by atoms with E-state index in [1.54, 1.807) is 0 Å². The van der Waals surface area contributed by atoms with E-state index in [1.807, 2.05) is 23.5 Å². The molecule has 10 aromatic rings. The highest BCUT2D eigenvalue weighted by Gasteiger charge is 2.45. The smallest absolute Gasteiger partial charge is 0.0990 e. The standard InChI is InChI=1S/C62H54N4S2/c1-59(2)61(5,6)67-57(63-59)41-23-19-39(20-24-41)43-27-31-53-49(35-43)51-37-45(29-33-55(51)65(53)47-15-11-9-12-16-47)46-30-34-56-52(38-46)50-36-44(28-32-54(50)66(56)48-17-13-10-14-18-48)40-21-25-42(26-22-40)58-64-60(3,4)62(7,8)68-58/h9-38H,1-8H3. The number of benzene rings is 8. The Morgan fingerprint density at radius 1 is 0.309 bits per heavy atom. The van der Waals surface area contributed by atoms with Crippen LogP contribution in [0.2, 0.25) is 0 Å². The summed E-state index contributed by atoms with van der Waals surface area (Å²) in [5.74, 6) is 0. The summed E-state index contributed by atoms with van der Waals surface area (Å²) < 4.78 is 4.91. The van der Waals surface area contributed by atoms with Gasteiger partial charge in [-0.15, -0.1) is 0 Å². The molecule has 8 aromatic carbocycles. The summed E-state index contributed by atoms with van der Waals surface area (Å²) in [5.41, 5.74) is 16.3. The van der Waals surface area contributed by atoms with Crippen molar-refractivity contribution in [2.24, 2.45) is 9.98 Å². The number of nitrogens with zero attached hydrogens (tertiary/aromatic N) is 4. The molecule has 4 nitrogen and oxygen atoms in total. The van der Waals surface area contributed by atoms with Gasteiger partial charge in [0.05, 0.1) is 43.2 Å². The third-order valence-corrected chi connectivity index (χ3v) is 18.3. The van der Waals surface area contributed by atoms with E-state index in [0.29, 0.717) is 0 Å². The van der Waals surface area contributed by atoms with Crippen LogP contribution in [0.25, 0.3) is 88.4 Å². The van der Waals surface area contributed by atoms with Gasteiger partial charge >= 0.3 is 0 Å². The maximum atomic E-state index is 5.14. The molecular formula is C62H54N4S2. The Morgan fingerprint density at radius 2 is 0.574 bits per heavy atom. The van der Waals surface area contributed by atoms with Crippen molar-refractivity contribution in [2.75, 3.05) is 0 Å². The largest absolute Gasteiger partial charge is 0.309 e. The summed E-state index contributed by atoms with van der Waals surface area (Å²) >= 11 is 3.76. The lowest BCUT2D eigenvalue weighted by Crippen LogP contribution is -2.36. The molecule has 0 unspecified atom stereocenters. The maximum Gasteiger partial charge on any atom is 0.0990 e. The van der Waals surface area contributed by atoms with Gasteiger partial charge in [0, 0.05) is 53.5 Å². The van der Waals surface area contributed by atoms with E-state index in [4.69, 9.17) is 9.98 Å². The van der Waals surface area contributed by atoms with Crippen molar-refractivity contribution in [3.05, 3.63) is 193 Å². The number of para-hydroxylation sites is 2. The van der Waals surface area contributed by atoms with E-state index in [2.05, 4.69) is 247 Å². The lowest BCUT2D eigenvalue weighted by Gasteiger charge is -2.30. The highest BCUT2D eigenvalue weighted by atomic mass is 32.2. The van der Waals surface area contributed by atoms with E-state index in [0.717, 1.165) is 21.5 Å². The first-order valence-corrected chi connectivity index (χ1v) is 25.4. The third kappa shape index (κ3) is 6.90. The van der Waals surface area contributed by atoms with Crippen LogP contribution in [0.15, 0.2) is 192 Å². The van der Waals surface area contributed by atoms with Crippen molar-refractivity contribution >= 4 is 77.2 Å². The van der Waals surface area contributed by atoms with Gasteiger partial charge in [-0.05, 0) is 162 Å². The fourth-order valence-corrected chi connectivity index (χ4v) is 12.5. The molecule has 334 valence electrons. The van der Waals surface area contributed by atoms with Gasteiger partial charge in [0.25, 0.3) is 0 Å². The van der Waals surface area contributed by atoms with E-state index in [1.165, 1.54) is 88.1 Å². The van der Waals surface area contributed by atoms with E-state index < -0.39 is 0 Å². The molecule has 0 saturated carbocycles. The van der Waals surface area contributed by atoms with Crippen LogP contribution in [0.1, 0.15) is 66.5 Å². The highest BCUT2D eigenvalue weighted by Crippen LogP contribution is 2.48. The third-order valence-electron chi connectivity index (χ3n) is 15.2. The second-order valence-electron chi connectivity index (χ2n) is 20.6. The minimum absolute atomic E-state index is 0.0442. The fraction of sp³-hybridized carbons (Fsp3) is 0.194. The number of thioether (sulfide) groups is 2. The van der Waals surface area contributed by atoms with Gasteiger partial charge < -0.3 is 9.13 Å². The van der Waals surface area contributed by atoms with Gasteiger partial charge in [-0.1, -0.05) is 133 Å². The van der Waals surface area contributed by atoms with Gasteiger partial charge in [-0.2, -0.15) is 0 Å². The predicted octanol–water partition coefficient (Wildman–Crippen LogP) is 17.0. The molecule has 0 amide bonds. The first kappa shape index (κ1) is 42.7. The summed E-state index contributed by atoms with van der Waals surface area (Å²) in [5, 5.41) is 7.17. The first-order valence-electron chi connectivity index (χ1n) is 23.7. The Balaban J connectivity index is 0.970. The second kappa shape index (κ2) is 15.5. The number of aromatic nitrogens is 2. The average Bonchev–Trinajstić information content (AvgIpc) is 3.99. The molecule has 0 fully saturated rings. The molecule has 2 aliphatic rings. The van der Waals surface area contributed by atoms with Gasteiger partial charge in [-0.3, -0.25) is 9.98 Å². The average molecular weight is 919 g/mol.